The van der Waals surface area contributed by atoms with Crippen LogP contribution in [0.15, 0.2) is 60.7 Å². The summed E-state index contributed by atoms with van der Waals surface area (Å²) >= 11 is 0. The minimum Gasteiger partial charge on any atom is -0.462 e. The van der Waals surface area contributed by atoms with Gasteiger partial charge in [0.2, 0.25) is 0 Å². The molecule has 3 heteroatoms. The Hall–Kier alpha value is -2.13. The average Bonchev–Trinajstić information content (AvgIpc) is 3.50. The molecule has 0 spiro atoms. The number of benzene rings is 2. The number of esters is 1. The predicted molar refractivity (Wildman–Crippen MR) is 105 cm³/mol. The molecule has 2 aliphatic carbocycles. The number of carbonyl (C=O) groups excluding carboxylic acids is 1. The Balaban J connectivity index is 1.33. The lowest BCUT2D eigenvalue weighted by Gasteiger charge is -2.22. The molecule has 0 saturated heterocycles. The molecule has 0 heterocycles. The third-order valence-electron chi connectivity index (χ3n) is 5.74. The van der Waals surface area contributed by atoms with E-state index in [0.717, 1.165) is 30.4 Å². The highest BCUT2D eigenvalue weighted by Crippen LogP contribution is 2.42. The molecule has 2 unspecified atom stereocenters. The zero-order valence-corrected chi connectivity index (χ0v) is 15.8. The smallest absolute Gasteiger partial charge is 0.309 e. The normalized spacial score (nSPS) is 22.6. The molecule has 0 aliphatic heterocycles. The van der Waals surface area contributed by atoms with Crippen LogP contribution in [0.4, 0.5) is 0 Å². The van der Waals surface area contributed by atoms with Crippen LogP contribution in [0.1, 0.15) is 55.8 Å². The van der Waals surface area contributed by atoms with E-state index in [9.17, 15) is 4.79 Å². The van der Waals surface area contributed by atoms with Gasteiger partial charge in [0, 0.05) is 0 Å². The van der Waals surface area contributed by atoms with Gasteiger partial charge in [-0.1, -0.05) is 67.1 Å². The van der Waals surface area contributed by atoms with Gasteiger partial charge in [0.1, 0.15) is 12.2 Å². The van der Waals surface area contributed by atoms with Crippen molar-refractivity contribution in [2.24, 2.45) is 11.8 Å². The minimum absolute atomic E-state index is 0.00790. The fourth-order valence-electron chi connectivity index (χ4n) is 4.02. The third-order valence-corrected chi connectivity index (χ3v) is 5.74. The standard InChI is InChI=1S/C24H28O3/c25-24(27-21-14-8-3-9-15-21)22-16-20(22)17-26-23(18-10-4-1-5-11-18)19-12-6-2-7-13-19/h1-2,4-7,10-13,20-23H,3,8-9,14-17H2. The molecule has 0 amide bonds. The first-order valence-electron chi connectivity index (χ1n) is 10.2. The average molecular weight is 364 g/mol. The molecular formula is C24H28O3. The van der Waals surface area contributed by atoms with E-state index in [1.54, 1.807) is 0 Å². The summed E-state index contributed by atoms with van der Waals surface area (Å²) in [5.41, 5.74) is 2.29. The molecule has 2 aromatic rings. The van der Waals surface area contributed by atoms with Gasteiger partial charge in [0.15, 0.2) is 0 Å². The number of ether oxygens (including phenoxy) is 2. The zero-order chi connectivity index (χ0) is 18.5. The van der Waals surface area contributed by atoms with E-state index in [1.807, 2.05) is 36.4 Å². The molecule has 2 saturated carbocycles. The summed E-state index contributed by atoms with van der Waals surface area (Å²) in [5.74, 6) is 0.307. The summed E-state index contributed by atoms with van der Waals surface area (Å²) in [7, 11) is 0. The zero-order valence-electron chi connectivity index (χ0n) is 15.8. The lowest BCUT2D eigenvalue weighted by Crippen LogP contribution is -2.22. The van der Waals surface area contributed by atoms with Crippen molar-refractivity contribution in [2.75, 3.05) is 6.61 Å². The first kappa shape index (κ1) is 18.2. The SMILES string of the molecule is O=C(OC1CCCCC1)C1CC1COC(c1ccccc1)c1ccccc1. The molecule has 2 atom stereocenters. The highest BCUT2D eigenvalue weighted by Gasteiger charge is 2.45. The molecule has 27 heavy (non-hydrogen) atoms. The lowest BCUT2D eigenvalue weighted by atomic mass is 9.98. The van der Waals surface area contributed by atoms with Crippen LogP contribution in [0.25, 0.3) is 0 Å². The van der Waals surface area contributed by atoms with E-state index >= 15 is 0 Å². The second-order valence-electron chi connectivity index (χ2n) is 7.83. The fraction of sp³-hybridized carbons (Fsp3) is 0.458. The van der Waals surface area contributed by atoms with Crippen molar-refractivity contribution < 1.29 is 14.3 Å². The van der Waals surface area contributed by atoms with Gasteiger partial charge in [-0.05, 0) is 49.1 Å². The summed E-state index contributed by atoms with van der Waals surface area (Å²) in [6, 6.07) is 20.6. The summed E-state index contributed by atoms with van der Waals surface area (Å²) in [6.07, 6.45) is 6.65. The second-order valence-corrected chi connectivity index (χ2v) is 7.83. The molecule has 142 valence electrons. The van der Waals surface area contributed by atoms with Crippen molar-refractivity contribution in [1.29, 1.82) is 0 Å². The Morgan fingerprint density at radius 2 is 1.48 bits per heavy atom. The number of hydrogen-bond acceptors (Lipinski definition) is 3. The summed E-state index contributed by atoms with van der Waals surface area (Å²) in [6.45, 7) is 0.596. The maximum Gasteiger partial charge on any atom is 0.309 e. The Morgan fingerprint density at radius 3 is 2.07 bits per heavy atom. The summed E-state index contributed by atoms with van der Waals surface area (Å²) < 4.78 is 12.0. The first-order valence-corrected chi connectivity index (χ1v) is 10.2. The van der Waals surface area contributed by atoms with Gasteiger partial charge in [-0.3, -0.25) is 4.79 Å². The Morgan fingerprint density at radius 1 is 0.889 bits per heavy atom. The largest absolute Gasteiger partial charge is 0.462 e. The van der Waals surface area contributed by atoms with Crippen LogP contribution in [-0.4, -0.2) is 18.7 Å². The maximum atomic E-state index is 12.4. The molecule has 0 aromatic heterocycles. The number of carbonyl (C=O) groups is 1. The quantitative estimate of drug-likeness (QED) is 0.625. The molecule has 2 fully saturated rings. The van der Waals surface area contributed by atoms with Crippen molar-refractivity contribution in [2.45, 2.75) is 50.7 Å². The Labute approximate surface area is 161 Å². The van der Waals surface area contributed by atoms with E-state index in [1.165, 1.54) is 19.3 Å². The maximum absolute atomic E-state index is 12.4. The van der Waals surface area contributed by atoms with Gasteiger partial charge < -0.3 is 9.47 Å². The van der Waals surface area contributed by atoms with Crippen LogP contribution in [0.2, 0.25) is 0 Å². The van der Waals surface area contributed by atoms with E-state index < -0.39 is 0 Å². The molecule has 0 bridgehead atoms. The van der Waals surface area contributed by atoms with Crippen LogP contribution in [0.5, 0.6) is 0 Å². The summed E-state index contributed by atoms with van der Waals surface area (Å²) in [4.78, 5) is 12.4. The molecule has 0 radical (unpaired) electrons. The Kier molecular flexibility index (Phi) is 5.88. The van der Waals surface area contributed by atoms with Crippen molar-refractivity contribution in [3.05, 3.63) is 71.8 Å². The van der Waals surface area contributed by atoms with Gasteiger partial charge in [-0.2, -0.15) is 0 Å². The minimum atomic E-state index is -0.0944. The number of rotatable bonds is 7. The van der Waals surface area contributed by atoms with Gasteiger partial charge in [0.25, 0.3) is 0 Å². The predicted octanol–water partition coefficient (Wildman–Crippen LogP) is 5.30. The lowest BCUT2D eigenvalue weighted by molar-refractivity contribution is -0.152. The van der Waals surface area contributed by atoms with Gasteiger partial charge in [0.05, 0.1) is 12.5 Å². The van der Waals surface area contributed by atoms with Crippen LogP contribution in [-0.2, 0) is 14.3 Å². The molecule has 4 rings (SSSR count). The molecule has 0 N–H and O–H groups in total. The Bertz CT molecular complexity index is 682. The highest BCUT2D eigenvalue weighted by molar-refractivity contribution is 5.75. The van der Waals surface area contributed by atoms with Crippen molar-refractivity contribution in [1.82, 2.24) is 0 Å². The monoisotopic (exact) mass is 364 g/mol. The van der Waals surface area contributed by atoms with Crippen molar-refractivity contribution >= 4 is 5.97 Å². The topological polar surface area (TPSA) is 35.5 Å². The van der Waals surface area contributed by atoms with Crippen molar-refractivity contribution in [3.63, 3.8) is 0 Å². The molecule has 3 nitrogen and oxygen atoms in total. The van der Waals surface area contributed by atoms with E-state index in [4.69, 9.17) is 9.47 Å². The highest BCUT2D eigenvalue weighted by atomic mass is 16.5. The number of hydrogen-bond donors (Lipinski definition) is 0. The van der Waals surface area contributed by atoms with Gasteiger partial charge in [-0.15, -0.1) is 0 Å². The van der Waals surface area contributed by atoms with E-state index in [0.29, 0.717) is 6.61 Å². The van der Waals surface area contributed by atoms with Crippen molar-refractivity contribution in [3.8, 4) is 0 Å². The first-order chi connectivity index (χ1) is 13.3. The second kappa shape index (κ2) is 8.71. The summed E-state index contributed by atoms with van der Waals surface area (Å²) in [5, 5.41) is 0. The van der Waals surface area contributed by atoms with Gasteiger partial charge in [-0.25, -0.2) is 0 Å². The van der Waals surface area contributed by atoms with Crippen LogP contribution in [0.3, 0.4) is 0 Å². The van der Waals surface area contributed by atoms with Crippen LogP contribution < -0.4 is 0 Å². The molecule has 2 aliphatic rings. The molecular weight excluding hydrogens is 336 g/mol. The third kappa shape index (κ3) is 4.78. The molecule has 2 aromatic carbocycles. The van der Waals surface area contributed by atoms with E-state index in [-0.39, 0.29) is 30.0 Å². The van der Waals surface area contributed by atoms with E-state index in [2.05, 4.69) is 24.3 Å². The van der Waals surface area contributed by atoms with Crippen LogP contribution in [0, 0.1) is 11.8 Å². The van der Waals surface area contributed by atoms with Crippen LogP contribution >= 0.6 is 0 Å². The fourth-order valence-corrected chi connectivity index (χ4v) is 4.02. The van der Waals surface area contributed by atoms with Gasteiger partial charge >= 0.3 is 5.97 Å².